The molecule has 0 spiro atoms. The van der Waals surface area contributed by atoms with Crippen molar-refractivity contribution in [2.24, 2.45) is 0 Å². The maximum Gasteiger partial charge on any atom is 0.273 e. The van der Waals surface area contributed by atoms with Crippen molar-refractivity contribution in [3.05, 3.63) is 41.8 Å². The van der Waals surface area contributed by atoms with Gasteiger partial charge in [0.1, 0.15) is 4.21 Å². The van der Waals surface area contributed by atoms with Gasteiger partial charge in [-0.1, -0.05) is 18.2 Å². The normalized spacial score (nSPS) is 11.4. The molecule has 0 fully saturated rings. The SMILES string of the molecule is CN(c1ccccc1)S(=O)(=O)c1cc(N)cs1. The number of nitrogens with two attached hydrogens (primary N) is 1. The highest BCUT2D eigenvalue weighted by Crippen LogP contribution is 2.27. The predicted octanol–water partition coefficient (Wildman–Crippen LogP) is 2.16. The molecule has 2 rings (SSSR count). The molecular weight excluding hydrogens is 256 g/mol. The van der Waals surface area contributed by atoms with Crippen LogP contribution in [0, 0.1) is 0 Å². The fraction of sp³-hybridized carbons (Fsp3) is 0.0909. The molecule has 2 N–H and O–H groups in total. The van der Waals surface area contributed by atoms with Gasteiger partial charge >= 0.3 is 0 Å². The molecular formula is C11H12N2O2S2. The van der Waals surface area contributed by atoms with Gasteiger partial charge in [0.2, 0.25) is 0 Å². The van der Waals surface area contributed by atoms with Gasteiger partial charge in [0.25, 0.3) is 10.0 Å². The average molecular weight is 268 g/mol. The number of nitrogen functional groups attached to an aromatic ring is 1. The number of anilines is 2. The Kier molecular flexibility index (Phi) is 3.08. The van der Waals surface area contributed by atoms with Crippen molar-refractivity contribution >= 4 is 32.7 Å². The van der Waals surface area contributed by atoms with E-state index in [1.54, 1.807) is 29.6 Å². The molecule has 6 heteroatoms. The second-order valence-corrected chi connectivity index (χ2v) is 6.61. The molecule has 17 heavy (non-hydrogen) atoms. The summed E-state index contributed by atoms with van der Waals surface area (Å²) in [6.45, 7) is 0. The van der Waals surface area contributed by atoms with Crippen LogP contribution in [0.25, 0.3) is 0 Å². The second-order valence-electron chi connectivity index (χ2n) is 3.51. The fourth-order valence-electron chi connectivity index (χ4n) is 1.38. The first-order valence-electron chi connectivity index (χ1n) is 4.90. The Bertz CT molecular complexity index is 605. The van der Waals surface area contributed by atoms with Crippen LogP contribution >= 0.6 is 11.3 Å². The zero-order valence-electron chi connectivity index (χ0n) is 9.20. The maximum atomic E-state index is 12.2. The largest absolute Gasteiger partial charge is 0.398 e. The van der Waals surface area contributed by atoms with Gasteiger partial charge in [0.05, 0.1) is 5.69 Å². The lowest BCUT2D eigenvalue weighted by Gasteiger charge is -2.18. The van der Waals surface area contributed by atoms with Crippen molar-refractivity contribution in [2.45, 2.75) is 4.21 Å². The van der Waals surface area contributed by atoms with E-state index in [1.165, 1.54) is 17.4 Å². The summed E-state index contributed by atoms with van der Waals surface area (Å²) in [5.74, 6) is 0. The molecule has 0 radical (unpaired) electrons. The van der Waals surface area contributed by atoms with Crippen LogP contribution in [0.5, 0.6) is 0 Å². The number of hydrogen-bond acceptors (Lipinski definition) is 4. The number of para-hydroxylation sites is 1. The summed E-state index contributed by atoms with van der Waals surface area (Å²) in [5, 5.41) is 1.62. The lowest BCUT2D eigenvalue weighted by Crippen LogP contribution is -2.25. The van der Waals surface area contributed by atoms with E-state index >= 15 is 0 Å². The van der Waals surface area contributed by atoms with E-state index in [1.807, 2.05) is 6.07 Å². The smallest absolute Gasteiger partial charge is 0.273 e. The van der Waals surface area contributed by atoms with Crippen molar-refractivity contribution in [2.75, 3.05) is 17.1 Å². The lowest BCUT2D eigenvalue weighted by molar-refractivity contribution is 0.596. The lowest BCUT2D eigenvalue weighted by atomic mass is 10.3. The number of nitrogens with zero attached hydrogens (tertiary/aromatic N) is 1. The molecule has 1 heterocycles. The van der Waals surface area contributed by atoms with Crippen molar-refractivity contribution in [3.8, 4) is 0 Å². The van der Waals surface area contributed by atoms with Gasteiger partial charge < -0.3 is 5.73 Å². The highest BCUT2D eigenvalue weighted by atomic mass is 32.2. The molecule has 0 atom stereocenters. The van der Waals surface area contributed by atoms with Crippen LogP contribution in [-0.4, -0.2) is 15.5 Å². The van der Waals surface area contributed by atoms with Crippen molar-refractivity contribution in [1.29, 1.82) is 0 Å². The van der Waals surface area contributed by atoms with Crippen molar-refractivity contribution < 1.29 is 8.42 Å². The van der Waals surface area contributed by atoms with Crippen LogP contribution in [-0.2, 0) is 10.0 Å². The van der Waals surface area contributed by atoms with Crippen molar-refractivity contribution in [3.63, 3.8) is 0 Å². The summed E-state index contributed by atoms with van der Waals surface area (Å²) in [4.78, 5) is 0. The average Bonchev–Trinajstić information content (AvgIpc) is 2.77. The minimum absolute atomic E-state index is 0.251. The molecule has 0 bridgehead atoms. The molecule has 0 aliphatic rings. The first-order chi connectivity index (χ1) is 8.01. The molecule has 4 nitrogen and oxygen atoms in total. The Morgan fingerprint density at radius 2 is 1.88 bits per heavy atom. The summed E-state index contributed by atoms with van der Waals surface area (Å²) >= 11 is 1.12. The Hall–Kier alpha value is -1.53. The molecule has 1 aromatic carbocycles. The van der Waals surface area contributed by atoms with E-state index in [0.29, 0.717) is 11.4 Å². The number of hydrogen-bond donors (Lipinski definition) is 1. The fourth-order valence-corrected chi connectivity index (χ4v) is 3.82. The molecule has 0 aliphatic carbocycles. The molecule has 0 unspecified atom stereocenters. The highest BCUT2D eigenvalue weighted by molar-refractivity contribution is 7.94. The molecule has 0 saturated carbocycles. The molecule has 0 aliphatic heterocycles. The molecule has 1 aromatic heterocycles. The molecule has 2 aromatic rings. The van der Waals surface area contributed by atoms with E-state index < -0.39 is 10.0 Å². The first-order valence-corrected chi connectivity index (χ1v) is 7.22. The number of sulfonamides is 1. The number of benzene rings is 1. The summed E-state index contributed by atoms with van der Waals surface area (Å²) in [5.41, 5.74) is 6.63. The zero-order valence-corrected chi connectivity index (χ0v) is 10.8. The Labute approximate surface area is 104 Å². The Morgan fingerprint density at radius 1 is 1.24 bits per heavy atom. The third-order valence-electron chi connectivity index (χ3n) is 2.33. The second kappa shape index (κ2) is 4.38. The van der Waals surface area contributed by atoms with Crippen LogP contribution < -0.4 is 10.0 Å². The summed E-state index contributed by atoms with van der Waals surface area (Å²) < 4.78 is 26.0. The Morgan fingerprint density at radius 3 is 2.41 bits per heavy atom. The summed E-state index contributed by atoms with van der Waals surface area (Å²) in [6, 6.07) is 10.4. The zero-order chi connectivity index (χ0) is 12.5. The first kappa shape index (κ1) is 11.9. The van der Waals surface area contributed by atoms with E-state index in [4.69, 9.17) is 5.73 Å². The van der Waals surface area contributed by atoms with Gasteiger partial charge in [-0.25, -0.2) is 8.42 Å². The number of thiophene rings is 1. The van der Waals surface area contributed by atoms with Crippen LogP contribution in [0.4, 0.5) is 11.4 Å². The van der Waals surface area contributed by atoms with Crippen LogP contribution in [0.15, 0.2) is 46.0 Å². The third kappa shape index (κ3) is 2.27. The van der Waals surface area contributed by atoms with Gasteiger partial charge in [-0.3, -0.25) is 4.31 Å². The number of rotatable bonds is 3. The predicted molar refractivity (Wildman–Crippen MR) is 70.8 cm³/mol. The molecule has 0 saturated heterocycles. The van der Waals surface area contributed by atoms with E-state index in [-0.39, 0.29) is 4.21 Å². The van der Waals surface area contributed by atoms with E-state index in [0.717, 1.165) is 11.3 Å². The summed E-state index contributed by atoms with van der Waals surface area (Å²) in [6.07, 6.45) is 0. The van der Waals surface area contributed by atoms with Gasteiger partial charge in [-0.05, 0) is 18.2 Å². The van der Waals surface area contributed by atoms with Gasteiger partial charge in [-0.2, -0.15) is 0 Å². The van der Waals surface area contributed by atoms with Crippen LogP contribution in [0.1, 0.15) is 0 Å². The van der Waals surface area contributed by atoms with Gasteiger partial charge in [0, 0.05) is 18.1 Å². The standard InChI is InChI=1S/C11H12N2O2S2/c1-13(10-5-3-2-4-6-10)17(14,15)11-7-9(12)8-16-11/h2-8H,12H2,1H3. The minimum atomic E-state index is -3.50. The Balaban J connectivity index is 2.40. The molecule has 90 valence electrons. The van der Waals surface area contributed by atoms with E-state index in [9.17, 15) is 8.42 Å². The monoisotopic (exact) mass is 268 g/mol. The molecule has 0 amide bonds. The summed E-state index contributed by atoms with van der Waals surface area (Å²) in [7, 11) is -1.97. The van der Waals surface area contributed by atoms with Gasteiger partial charge in [-0.15, -0.1) is 11.3 Å². The topological polar surface area (TPSA) is 63.4 Å². The van der Waals surface area contributed by atoms with Crippen LogP contribution in [0.3, 0.4) is 0 Å². The minimum Gasteiger partial charge on any atom is -0.398 e. The third-order valence-corrected chi connectivity index (χ3v) is 5.55. The van der Waals surface area contributed by atoms with E-state index in [2.05, 4.69) is 0 Å². The van der Waals surface area contributed by atoms with Crippen molar-refractivity contribution in [1.82, 2.24) is 0 Å². The maximum absolute atomic E-state index is 12.2. The van der Waals surface area contributed by atoms with Crippen LogP contribution in [0.2, 0.25) is 0 Å². The highest BCUT2D eigenvalue weighted by Gasteiger charge is 2.22. The van der Waals surface area contributed by atoms with Gasteiger partial charge in [0.15, 0.2) is 0 Å². The quantitative estimate of drug-likeness (QED) is 0.927.